The fourth-order valence-electron chi connectivity index (χ4n) is 2.02. The van der Waals surface area contributed by atoms with E-state index in [2.05, 4.69) is 21.2 Å². The highest BCUT2D eigenvalue weighted by molar-refractivity contribution is 9.10. The smallest absolute Gasteiger partial charge is 0.142 e. The Labute approximate surface area is 130 Å². The normalized spacial score (nSPS) is 12.4. The molecule has 106 valence electrons. The maximum absolute atomic E-state index is 13.6. The Morgan fingerprint density at radius 2 is 1.75 bits per heavy atom. The molecule has 0 aliphatic rings. The molecule has 5 heteroatoms. The van der Waals surface area contributed by atoms with E-state index in [0.717, 1.165) is 11.1 Å². The SMILES string of the molecule is CCNC(c1ccc(Cl)c(F)c1)c1ccc(F)c(Br)c1. The first kappa shape index (κ1) is 15.4. The molecule has 1 nitrogen and oxygen atoms in total. The summed E-state index contributed by atoms with van der Waals surface area (Å²) >= 11 is 8.87. The molecule has 1 unspecified atom stereocenters. The second kappa shape index (κ2) is 6.66. The molecular weight excluding hydrogens is 348 g/mol. The van der Waals surface area contributed by atoms with E-state index in [4.69, 9.17) is 11.6 Å². The molecule has 0 aliphatic heterocycles. The van der Waals surface area contributed by atoms with E-state index < -0.39 is 5.82 Å². The van der Waals surface area contributed by atoms with E-state index in [1.807, 2.05) is 6.92 Å². The fraction of sp³-hybridized carbons (Fsp3) is 0.200. The summed E-state index contributed by atoms with van der Waals surface area (Å²) in [5, 5.41) is 3.34. The molecule has 1 N–H and O–H groups in total. The molecule has 0 amide bonds. The van der Waals surface area contributed by atoms with Crippen LogP contribution in [0.25, 0.3) is 0 Å². The number of rotatable bonds is 4. The maximum Gasteiger partial charge on any atom is 0.142 e. The van der Waals surface area contributed by atoms with Crippen molar-refractivity contribution in [3.8, 4) is 0 Å². The first-order chi connectivity index (χ1) is 9.52. The number of hydrogen-bond acceptors (Lipinski definition) is 1. The Morgan fingerprint density at radius 1 is 1.10 bits per heavy atom. The molecule has 0 saturated heterocycles. The van der Waals surface area contributed by atoms with E-state index >= 15 is 0 Å². The van der Waals surface area contributed by atoms with Crippen LogP contribution in [0.1, 0.15) is 24.1 Å². The summed E-state index contributed by atoms with van der Waals surface area (Å²) < 4.78 is 27.3. The molecule has 0 aromatic heterocycles. The van der Waals surface area contributed by atoms with E-state index in [1.54, 1.807) is 18.2 Å². The summed E-state index contributed by atoms with van der Waals surface area (Å²) in [6.07, 6.45) is 0. The summed E-state index contributed by atoms with van der Waals surface area (Å²) in [4.78, 5) is 0. The van der Waals surface area contributed by atoms with Gasteiger partial charge < -0.3 is 5.32 Å². The van der Waals surface area contributed by atoms with Crippen LogP contribution in [0.5, 0.6) is 0 Å². The van der Waals surface area contributed by atoms with Gasteiger partial charge in [-0.3, -0.25) is 0 Å². The van der Waals surface area contributed by atoms with Gasteiger partial charge in [-0.25, -0.2) is 8.78 Å². The molecule has 20 heavy (non-hydrogen) atoms. The van der Waals surface area contributed by atoms with Crippen LogP contribution in [0.15, 0.2) is 40.9 Å². The van der Waals surface area contributed by atoms with Crippen molar-refractivity contribution in [1.82, 2.24) is 5.32 Å². The maximum atomic E-state index is 13.6. The van der Waals surface area contributed by atoms with Gasteiger partial charge in [0.05, 0.1) is 15.5 Å². The Kier molecular flexibility index (Phi) is 5.13. The second-order valence-corrected chi connectivity index (χ2v) is 5.60. The molecule has 0 radical (unpaired) electrons. The van der Waals surface area contributed by atoms with Gasteiger partial charge in [-0.1, -0.05) is 30.7 Å². The van der Waals surface area contributed by atoms with Gasteiger partial charge >= 0.3 is 0 Å². The third-order valence-corrected chi connectivity index (χ3v) is 3.88. The zero-order valence-corrected chi connectivity index (χ0v) is 13.1. The van der Waals surface area contributed by atoms with Crippen LogP contribution in [0, 0.1) is 11.6 Å². The van der Waals surface area contributed by atoms with Crippen LogP contribution in [-0.4, -0.2) is 6.54 Å². The molecule has 0 fully saturated rings. The van der Waals surface area contributed by atoms with Crippen molar-refractivity contribution >= 4 is 27.5 Å². The minimum absolute atomic E-state index is 0.0873. The Bertz CT molecular complexity index is 567. The highest BCUT2D eigenvalue weighted by atomic mass is 79.9. The lowest BCUT2D eigenvalue weighted by Crippen LogP contribution is -2.22. The van der Waals surface area contributed by atoms with Crippen LogP contribution in [0.4, 0.5) is 8.78 Å². The van der Waals surface area contributed by atoms with E-state index in [1.165, 1.54) is 18.2 Å². The van der Waals surface area contributed by atoms with Gasteiger partial charge in [-0.15, -0.1) is 0 Å². The Hall–Kier alpha value is -0.970. The fourth-order valence-corrected chi connectivity index (χ4v) is 2.53. The Morgan fingerprint density at radius 3 is 2.35 bits per heavy atom. The summed E-state index contributed by atoms with van der Waals surface area (Å²) in [7, 11) is 0. The lowest BCUT2D eigenvalue weighted by molar-refractivity contribution is 0.597. The van der Waals surface area contributed by atoms with Crippen molar-refractivity contribution in [3.63, 3.8) is 0 Å². The summed E-state index contributed by atoms with van der Waals surface area (Å²) in [5.74, 6) is -0.792. The van der Waals surface area contributed by atoms with Crippen molar-refractivity contribution in [2.45, 2.75) is 13.0 Å². The number of benzene rings is 2. The number of hydrogen-bond donors (Lipinski definition) is 1. The van der Waals surface area contributed by atoms with Crippen molar-refractivity contribution in [1.29, 1.82) is 0 Å². The first-order valence-corrected chi connectivity index (χ1v) is 7.33. The largest absolute Gasteiger partial charge is 0.307 e. The molecule has 0 heterocycles. The molecule has 2 aromatic carbocycles. The number of nitrogens with one attached hydrogen (secondary N) is 1. The quantitative estimate of drug-likeness (QED) is 0.802. The minimum atomic E-state index is -0.465. The molecule has 0 saturated carbocycles. The third kappa shape index (κ3) is 3.37. The first-order valence-electron chi connectivity index (χ1n) is 6.16. The lowest BCUT2D eigenvalue weighted by atomic mass is 9.98. The molecule has 1 atom stereocenters. The van der Waals surface area contributed by atoms with Gasteiger partial charge in [0, 0.05) is 0 Å². The molecule has 0 bridgehead atoms. The lowest BCUT2D eigenvalue weighted by Gasteiger charge is -2.19. The molecule has 0 spiro atoms. The van der Waals surface area contributed by atoms with E-state index in [-0.39, 0.29) is 16.9 Å². The third-order valence-electron chi connectivity index (χ3n) is 2.96. The van der Waals surface area contributed by atoms with Gasteiger partial charge in [-0.05, 0) is 57.9 Å². The summed E-state index contributed by atoms with van der Waals surface area (Å²) in [5.41, 5.74) is 1.59. The van der Waals surface area contributed by atoms with Gasteiger partial charge in [0.15, 0.2) is 0 Å². The van der Waals surface area contributed by atoms with Gasteiger partial charge in [0.25, 0.3) is 0 Å². The number of halogens is 4. The van der Waals surface area contributed by atoms with E-state index in [0.29, 0.717) is 11.0 Å². The monoisotopic (exact) mass is 359 g/mol. The van der Waals surface area contributed by atoms with Crippen molar-refractivity contribution in [3.05, 3.63) is 68.7 Å². The molecular formula is C15H13BrClF2N. The van der Waals surface area contributed by atoms with Crippen molar-refractivity contribution in [2.24, 2.45) is 0 Å². The topological polar surface area (TPSA) is 12.0 Å². The van der Waals surface area contributed by atoms with Crippen LogP contribution >= 0.6 is 27.5 Å². The van der Waals surface area contributed by atoms with Crippen LogP contribution in [-0.2, 0) is 0 Å². The van der Waals surface area contributed by atoms with Gasteiger partial charge in [-0.2, -0.15) is 0 Å². The minimum Gasteiger partial charge on any atom is -0.307 e. The Balaban J connectivity index is 2.44. The predicted octanol–water partition coefficient (Wildman–Crippen LogP) is 5.08. The van der Waals surface area contributed by atoms with Crippen LogP contribution in [0.3, 0.4) is 0 Å². The van der Waals surface area contributed by atoms with Crippen molar-refractivity contribution < 1.29 is 8.78 Å². The average Bonchev–Trinajstić information content (AvgIpc) is 2.43. The van der Waals surface area contributed by atoms with Gasteiger partial charge in [0.1, 0.15) is 11.6 Å². The van der Waals surface area contributed by atoms with Crippen molar-refractivity contribution in [2.75, 3.05) is 6.54 Å². The predicted molar refractivity (Wildman–Crippen MR) is 81.0 cm³/mol. The average molecular weight is 361 g/mol. The summed E-state index contributed by atoms with van der Waals surface area (Å²) in [6, 6.07) is 9.21. The highest BCUT2D eigenvalue weighted by Gasteiger charge is 2.16. The molecule has 2 rings (SSSR count). The molecule has 0 aliphatic carbocycles. The zero-order chi connectivity index (χ0) is 14.7. The summed E-state index contributed by atoms with van der Waals surface area (Å²) in [6.45, 7) is 2.65. The molecule has 2 aromatic rings. The highest BCUT2D eigenvalue weighted by Crippen LogP contribution is 2.28. The van der Waals surface area contributed by atoms with Crippen LogP contribution in [0.2, 0.25) is 5.02 Å². The van der Waals surface area contributed by atoms with Crippen LogP contribution < -0.4 is 5.32 Å². The second-order valence-electron chi connectivity index (χ2n) is 4.34. The van der Waals surface area contributed by atoms with E-state index in [9.17, 15) is 8.78 Å². The standard InChI is InChI=1S/C15H13BrClF2N/c1-2-20-15(9-4-6-13(18)11(16)7-9)10-3-5-12(17)14(19)8-10/h3-8,15,20H,2H2,1H3. The zero-order valence-electron chi connectivity index (χ0n) is 10.8. The van der Waals surface area contributed by atoms with Gasteiger partial charge in [0.2, 0.25) is 0 Å².